The second-order valence-electron chi connectivity index (χ2n) is 7.03. The first-order valence-corrected chi connectivity index (χ1v) is 9.39. The van der Waals surface area contributed by atoms with Gasteiger partial charge in [0.05, 0.1) is 11.7 Å². The lowest BCUT2D eigenvalue weighted by molar-refractivity contribution is 0.391. The van der Waals surface area contributed by atoms with E-state index in [0.717, 1.165) is 24.0 Å². The van der Waals surface area contributed by atoms with E-state index in [1.807, 2.05) is 13.8 Å². The van der Waals surface area contributed by atoms with Crippen molar-refractivity contribution in [2.75, 3.05) is 13.6 Å². The van der Waals surface area contributed by atoms with Crippen LogP contribution in [-0.2, 0) is 0 Å². The number of aromatic nitrogens is 1. The molecule has 2 atom stereocenters. The van der Waals surface area contributed by atoms with E-state index in [-0.39, 0.29) is 35.9 Å². The lowest BCUT2D eigenvalue weighted by Crippen LogP contribution is -2.40. The van der Waals surface area contributed by atoms with Gasteiger partial charge in [-0.05, 0) is 37.1 Å². The Balaban J connectivity index is 0.00000280. The highest BCUT2D eigenvalue weighted by Crippen LogP contribution is 2.24. The van der Waals surface area contributed by atoms with Gasteiger partial charge in [-0.15, -0.1) is 24.0 Å². The Morgan fingerprint density at radius 3 is 2.50 bits per heavy atom. The van der Waals surface area contributed by atoms with E-state index >= 15 is 0 Å². The standard InChI is InChI=1S/C22H28N4O.HI/c1-14(21-16(3)26-27-17(21)4)13-24-22(23-5)25-15(2)19-12-8-10-18-9-6-7-11-20(18)19;/h6-12,14-15H,13H2,1-5H3,(H2,23,24,25);1H. The first-order valence-electron chi connectivity index (χ1n) is 9.39. The molecular formula is C22H29IN4O. The number of fused-ring (bicyclic) bond motifs is 1. The van der Waals surface area contributed by atoms with Crippen LogP contribution >= 0.6 is 24.0 Å². The Hall–Kier alpha value is -2.09. The molecule has 0 spiro atoms. The van der Waals surface area contributed by atoms with Gasteiger partial charge in [-0.2, -0.15) is 0 Å². The molecule has 6 heteroatoms. The van der Waals surface area contributed by atoms with Gasteiger partial charge < -0.3 is 15.2 Å². The van der Waals surface area contributed by atoms with Gasteiger partial charge in [0.1, 0.15) is 5.76 Å². The van der Waals surface area contributed by atoms with Gasteiger partial charge in [-0.25, -0.2) is 0 Å². The van der Waals surface area contributed by atoms with Gasteiger partial charge in [0, 0.05) is 25.1 Å². The molecule has 2 unspecified atom stereocenters. The van der Waals surface area contributed by atoms with Crippen LogP contribution in [0.3, 0.4) is 0 Å². The molecule has 1 heterocycles. The lowest BCUT2D eigenvalue weighted by atomic mass is 9.99. The average Bonchev–Trinajstić information content (AvgIpc) is 3.02. The molecule has 150 valence electrons. The number of nitrogens with one attached hydrogen (secondary N) is 2. The predicted molar refractivity (Wildman–Crippen MR) is 127 cm³/mol. The van der Waals surface area contributed by atoms with Crippen molar-refractivity contribution in [2.45, 2.75) is 39.7 Å². The molecule has 0 bridgehead atoms. The summed E-state index contributed by atoms with van der Waals surface area (Å²) in [5, 5.41) is 13.5. The number of aliphatic imine (C=N–C) groups is 1. The minimum absolute atomic E-state index is 0. The lowest BCUT2D eigenvalue weighted by Gasteiger charge is -2.21. The van der Waals surface area contributed by atoms with Crippen molar-refractivity contribution >= 4 is 40.7 Å². The fourth-order valence-electron chi connectivity index (χ4n) is 3.65. The average molecular weight is 492 g/mol. The van der Waals surface area contributed by atoms with Gasteiger partial charge >= 0.3 is 0 Å². The van der Waals surface area contributed by atoms with Crippen LogP contribution in [0.4, 0.5) is 0 Å². The van der Waals surface area contributed by atoms with Crippen LogP contribution in [0.15, 0.2) is 52.0 Å². The van der Waals surface area contributed by atoms with Crippen molar-refractivity contribution in [1.82, 2.24) is 15.8 Å². The van der Waals surface area contributed by atoms with Gasteiger partial charge in [0.2, 0.25) is 0 Å². The smallest absolute Gasteiger partial charge is 0.191 e. The fraction of sp³-hybridized carbons (Fsp3) is 0.364. The molecule has 0 aliphatic heterocycles. The minimum atomic E-state index is 0. The van der Waals surface area contributed by atoms with E-state index in [1.54, 1.807) is 7.05 Å². The highest BCUT2D eigenvalue weighted by molar-refractivity contribution is 14.0. The molecule has 0 saturated heterocycles. The summed E-state index contributed by atoms with van der Waals surface area (Å²) in [7, 11) is 1.80. The maximum Gasteiger partial charge on any atom is 0.191 e. The zero-order valence-corrected chi connectivity index (χ0v) is 19.4. The zero-order chi connectivity index (χ0) is 19.4. The molecule has 28 heavy (non-hydrogen) atoms. The van der Waals surface area contributed by atoms with Crippen LogP contribution in [0.1, 0.15) is 48.4 Å². The monoisotopic (exact) mass is 492 g/mol. The Bertz CT molecular complexity index is 926. The maximum atomic E-state index is 5.29. The van der Waals surface area contributed by atoms with Crippen LogP contribution in [0, 0.1) is 13.8 Å². The number of halogens is 1. The summed E-state index contributed by atoms with van der Waals surface area (Å²) in [5.74, 6) is 1.95. The van der Waals surface area contributed by atoms with E-state index in [0.29, 0.717) is 0 Å². The minimum Gasteiger partial charge on any atom is -0.361 e. The van der Waals surface area contributed by atoms with Crippen molar-refractivity contribution in [3.8, 4) is 0 Å². The van der Waals surface area contributed by atoms with Gasteiger partial charge in [-0.1, -0.05) is 54.5 Å². The van der Waals surface area contributed by atoms with E-state index < -0.39 is 0 Å². The third kappa shape index (κ3) is 4.84. The number of nitrogens with zero attached hydrogens (tertiary/aromatic N) is 2. The van der Waals surface area contributed by atoms with Crippen LogP contribution in [0.2, 0.25) is 0 Å². The zero-order valence-electron chi connectivity index (χ0n) is 17.1. The highest BCUT2D eigenvalue weighted by atomic mass is 127. The number of hydrogen-bond donors (Lipinski definition) is 2. The van der Waals surface area contributed by atoms with Gasteiger partial charge in [-0.3, -0.25) is 4.99 Å². The molecule has 0 saturated carbocycles. The van der Waals surface area contributed by atoms with E-state index in [4.69, 9.17) is 4.52 Å². The van der Waals surface area contributed by atoms with Gasteiger partial charge in [0.15, 0.2) is 5.96 Å². The second-order valence-corrected chi connectivity index (χ2v) is 7.03. The number of guanidine groups is 1. The SMILES string of the molecule is CN=C(NCC(C)c1c(C)noc1C)NC(C)c1cccc2ccccc12.I. The molecule has 3 rings (SSSR count). The third-order valence-corrected chi connectivity index (χ3v) is 5.02. The summed E-state index contributed by atoms with van der Waals surface area (Å²) in [5.41, 5.74) is 3.38. The van der Waals surface area contributed by atoms with Crippen molar-refractivity contribution in [1.29, 1.82) is 0 Å². The third-order valence-electron chi connectivity index (χ3n) is 5.02. The number of benzene rings is 2. The molecular weight excluding hydrogens is 463 g/mol. The molecule has 2 aromatic carbocycles. The van der Waals surface area contributed by atoms with E-state index in [2.05, 4.69) is 77.1 Å². The van der Waals surface area contributed by atoms with Crippen molar-refractivity contribution in [3.05, 3.63) is 65.0 Å². The topological polar surface area (TPSA) is 62.5 Å². The molecule has 3 aromatic rings. The van der Waals surface area contributed by atoms with Gasteiger partial charge in [0.25, 0.3) is 0 Å². The number of hydrogen-bond acceptors (Lipinski definition) is 3. The highest BCUT2D eigenvalue weighted by Gasteiger charge is 2.17. The molecule has 5 nitrogen and oxygen atoms in total. The second kappa shape index (κ2) is 9.91. The summed E-state index contributed by atoms with van der Waals surface area (Å²) in [6, 6.07) is 15.0. The fourth-order valence-corrected chi connectivity index (χ4v) is 3.65. The van der Waals surface area contributed by atoms with Crippen LogP contribution in [0.25, 0.3) is 10.8 Å². The Morgan fingerprint density at radius 2 is 1.82 bits per heavy atom. The normalized spacial score (nSPS) is 13.7. The maximum absolute atomic E-state index is 5.29. The van der Waals surface area contributed by atoms with E-state index in [1.165, 1.54) is 21.9 Å². The van der Waals surface area contributed by atoms with Crippen molar-refractivity contribution < 1.29 is 4.52 Å². The Morgan fingerprint density at radius 1 is 1.11 bits per heavy atom. The molecule has 1 aromatic heterocycles. The summed E-state index contributed by atoms with van der Waals surface area (Å²) in [4.78, 5) is 4.39. The summed E-state index contributed by atoms with van der Waals surface area (Å²) in [6.45, 7) is 9.03. The largest absolute Gasteiger partial charge is 0.361 e. The Kier molecular flexibility index (Phi) is 7.86. The summed E-state index contributed by atoms with van der Waals surface area (Å²) >= 11 is 0. The van der Waals surface area contributed by atoms with Crippen LogP contribution < -0.4 is 10.6 Å². The quantitative estimate of drug-likeness (QED) is 0.296. The predicted octanol–water partition coefficient (Wildman–Crippen LogP) is 5.09. The van der Waals surface area contributed by atoms with Crippen LogP contribution in [0.5, 0.6) is 0 Å². The number of aryl methyl sites for hydroxylation is 2. The first-order chi connectivity index (χ1) is 13.0. The van der Waals surface area contributed by atoms with Crippen LogP contribution in [-0.4, -0.2) is 24.7 Å². The first kappa shape index (κ1) is 22.2. The molecule has 0 amide bonds. The molecule has 0 radical (unpaired) electrons. The number of rotatable bonds is 5. The van der Waals surface area contributed by atoms with Crippen molar-refractivity contribution in [2.24, 2.45) is 4.99 Å². The molecule has 0 aliphatic rings. The summed E-state index contributed by atoms with van der Waals surface area (Å²) in [6.07, 6.45) is 0. The molecule has 0 fully saturated rings. The molecule has 2 N–H and O–H groups in total. The van der Waals surface area contributed by atoms with Crippen molar-refractivity contribution in [3.63, 3.8) is 0 Å². The summed E-state index contributed by atoms with van der Waals surface area (Å²) < 4.78 is 5.29. The Labute approximate surface area is 184 Å². The van der Waals surface area contributed by atoms with E-state index in [9.17, 15) is 0 Å². The molecule has 0 aliphatic carbocycles.